The normalized spacial score (nSPS) is 10.4. The number of nitrogen functional groups attached to an aromatic ring is 1. The molecule has 1 aromatic heterocycles. The van der Waals surface area contributed by atoms with Crippen LogP contribution in [-0.2, 0) is 0 Å². The standard InChI is InChI=1S/C13H14N2O/c1-8-7-10(16)3-4-11(8)12-5-6-13(14)15-9(12)2/h3-7,16H,1-2H3,(H2,14,15). The van der Waals surface area contributed by atoms with Crippen molar-refractivity contribution < 1.29 is 5.11 Å². The number of hydrogen-bond acceptors (Lipinski definition) is 3. The quantitative estimate of drug-likeness (QED) is 0.767. The third-order valence-corrected chi connectivity index (χ3v) is 2.61. The molecular weight excluding hydrogens is 200 g/mol. The number of nitrogens with two attached hydrogens (primary N) is 1. The second kappa shape index (κ2) is 3.85. The van der Waals surface area contributed by atoms with Crippen molar-refractivity contribution in [3.8, 4) is 16.9 Å². The SMILES string of the molecule is Cc1cc(O)ccc1-c1ccc(N)nc1C. The van der Waals surface area contributed by atoms with Crippen molar-refractivity contribution in [1.82, 2.24) is 4.98 Å². The van der Waals surface area contributed by atoms with E-state index in [1.807, 2.05) is 26.0 Å². The van der Waals surface area contributed by atoms with E-state index < -0.39 is 0 Å². The summed E-state index contributed by atoms with van der Waals surface area (Å²) in [5, 5.41) is 9.36. The Morgan fingerprint density at radius 1 is 1.06 bits per heavy atom. The Morgan fingerprint density at radius 2 is 1.75 bits per heavy atom. The highest BCUT2D eigenvalue weighted by Gasteiger charge is 2.06. The number of phenolic OH excluding ortho intramolecular Hbond substituents is 1. The molecule has 3 nitrogen and oxygen atoms in total. The van der Waals surface area contributed by atoms with E-state index >= 15 is 0 Å². The van der Waals surface area contributed by atoms with E-state index in [-0.39, 0.29) is 5.75 Å². The first-order chi connectivity index (χ1) is 7.58. The fourth-order valence-corrected chi connectivity index (χ4v) is 1.82. The van der Waals surface area contributed by atoms with Gasteiger partial charge in [0, 0.05) is 11.3 Å². The second-order valence-corrected chi connectivity index (χ2v) is 3.87. The van der Waals surface area contributed by atoms with Gasteiger partial charge in [-0.2, -0.15) is 0 Å². The molecule has 82 valence electrons. The lowest BCUT2D eigenvalue weighted by atomic mass is 9.99. The Balaban J connectivity index is 2.59. The molecule has 0 saturated heterocycles. The highest BCUT2D eigenvalue weighted by molar-refractivity contribution is 5.70. The summed E-state index contributed by atoms with van der Waals surface area (Å²) in [6, 6.07) is 9.06. The Labute approximate surface area is 94.6 Å². The van der Waals surface area contributed by atoms with E-state index in [1.165, 1.54) is 0 Å². The van der Waals surface area contributed by atoms with Gasteiger partial charge in [-0.1, -0.05) is 6.07 Å². The monoisotopic (exact) mass is 214 g/mol. The van der Waals surface area contributed by atoms with Crippen LogP contribution in [-0.4, -0.2) is 10.1 Å². The van der Waals surface area contributed by atoms with E-state index in [2.05, 4.69) is 4.98 Å². The van der Waals surface area contributed by atoms with Crippen molar-refractivity contribution in [2.45, 2.75) is 13.8 Å². The molecule has 0 atom stereocenters. The van der Waals surface area contributed by atoms with Gasteiger partial charge in [0.1, 0.15) is 11.6 Å². The van der Waals surface area contributed by atoms with Crippen LogP contribution in [0.15, 0.2) is 30.3 Å². The van der Waals surface area contributed by atoms with Crippen LogP contribution in [0.4, 0.5) is 5.82 Å². The largest absolute Gasteiger partial charge is 0.508 e. The van der Waals surface area contributed by atoms with E-state index in [1.54, 1.807) is 18.2 Å². The fourth-order valence-electron chi connectivity index (χ4n) is 1.82. The number of pyridine rings is 1. The van der Waals surface area contributed by atoms with Crippen LogP contribution in [0.2, 0.25) is 0 Å². The molecule has 2 rings (SSSR count). The Hall–Kier alpha value is -2.03. The van der Waals surface area contributed by atoms with Crippen LogP contribution < -0.4 is 5.73 Å². The number of phenols is 1. The molecule has 0 aliphatic carbocycles. The summed E-state index contributed by atoms with van der Waals surface area (Å²) in [4.78, 5) is 4.23. The molecule has 0 saturated carbocycles. The second-order valence-electron chi connectivity index (χ2n) is 3.87. The van der Waals surface area contributed by atoms with Crippen LogP contribution in [0.1, 0.15) is 11.3 Å². The molecular formula is C13H14N2O. The summed E-state index contributed by atoms with van der Waals surface area (Å²) in [5.74, 6) is 0.806. The molecule has 0 unspecified atom stereocenters. The third-order valence-electron chi connectivity index (χ3n) is 2.61. The highest BCUT2D eigenvalue weighted by Crippen LogP contribution is 2.28. The smallest absolute Gasteiger partial charge is 0.123 e. The van der Waals surface area contributed by atoms with Gasteiger partial charge in [0.15, 0.2) is 0 Å². The van der Waals surface area contributed by atoms with Crippen LogP contribution in [0.5, 0.6) is 5.75 Å². The van der Waals surface area contributed by atoms with Gasteiger partial charge in [-0.3, -0.25) is 0 Å². The van der Waals surface area contributed by atoms with Crippen LogP contribution in [0, 0.1) is 13.8 Å². The number of anilines is 1. The predicted molar refractivity (Wildman–Crippen MR) is 65.2 cm³/mol. The minimum atomic E-state index is 0.280. The Kier molecular flexibility index (Phi) is 2.52. The summed E-state index contributed by atoms with van der Waals surface area (Å²) >= 11 is 0. The van der Waals surface area contributed by atoms with Gasteiger partial charge < -0.3 is 10.8 Å². The maximum absolute atomic E-state index is 9.36. The lowest BCUT2D eigenvalue weighted by Gasteiger charge is -2.09. The molecule has 0 spiro atoms. The van der Waals surface area contributed by atoms with Gasteiger partial charge in [-0.05, 0) is 49.2 Å². The zero-order chi connectivity index (χ0) is 11.7. The first-order valence-corrected chi connectivity index (χ1v) is 5.11. The maximum Gasteiger partial charge on any atom is 0.123 e. The van der Waals surface area contributed by atoms with E-state index in [9.17, 15) is 5.11 Å². The average molecular weight is 214 g/mol. The summed E-state index contributed by atoms with van der Waals surface area (Å²) in [5.41, 5.74) is 9.66. The first-order valence-electron chi connectivity index (χ1n) is 5.11. The van der Waals surface area contributed by atoms with Gasteiger partial charge in [0.05, 0.1) is 0 Å². The van der Waals surface area contributed by atoms with E-state index in [4.69, 9.17) is 5.73 Å². The molecule has 0 amide bonds. The Morgan fingerprint density at radius 3 is 2.38 bits per heavy atom. The number of hydrogen-bond donors (Lipinski definition) is 2. The molecule has 0 fully saturated rings. The number of aryl methyl sites for hydroxylation is 2. The van der Waals surface area contributed by atoms with Gasteiger partial charge in [0.25, 0.3) is 0 Å². The van der Waals surface area contributed by atoms with Crippen molar-refractivity contribution in [1.29, 1.82) is 0 Å². The van der Waals surface area contributed by atoms with Crippen LogP contribution >= 0.6 is 0 Å². The molecule has 1 aromatic carbocycles. The van der Waals surface area contributed by atoms with Crippen molar-refractivity contribution >= 4 is 5.82 Å². The molecule has 0 radical (unpaired) electrons. The minimum Gasteiger partial charge on any atom is -0.508 e. The van der Waals surface area contributed by atoms with Gasteiger partial charge in [-0.15, -0.1) is 0 Å². The number of nitrogens with zero attached hydrogens (tertiary/aromatic N) is 1. The van der Waals surface area contributed by atoms with Gasteiger partial charge >= 0.3 is 0 Å². The summed E-state index contributed by atoms with van der Waals surface area (Å²) in [6.07, 6.45) is 0. The fraction of sp³-hybridized carbons (Fsp3) is 0.154. The Bertz CT molecular complexity index is 486. The number of aromatic nitrogens is 1. The molecule has 3 N–H and O–H groups in total. The highest BCUT2D eigenvalue weighted by atomic mass is 16.3. The summed E-state index contributed by atoms with van der Waals surface area (Å²) < 4.78 is 0. The zero-order valence-corrected chi connectivity index (χ0v) is 9.36. The van der Waals surface area contributed by atoms with Crippen molar-refractivity contribution in [3.05, 3.63) is 41.6 Å². The first kappa shape index (κ1) is 10.5. The average Bonchev–Trinajstić information content (AvgIpc) is 2.19. The lowest BCUT2D eigenvalue weighted by molar-refractivity contribution is 0.475. The minimum absolute atomic E-state index is 0.280. The van der Waals surface area contributed by atoms with Crippen LogP contribution in [0.25, 0.3) is 11.1 Å². The predicted octanol–water partition coefficient (Wildman–Crippen LogP) is 2.65. The topological polar surface area (TPSA) is 59.1 Å². The van der Waals surface area contributed by atoms with Crippen molar-refractivity contribution in [2.75, 3.05) is 5.73 Å². The van der Waals surface area contributed by atoms with E-state index in [0.29, 0.717) is 5.82 Å². The van der Waals surface area contributed by atoms with Crippen molar-refractivity contribution in [3.63, 3.8) is 0 Å². The molecule has 2 aromatic rings. The molecule has 3 heteroatoms. The van der Waals surface area contributed by atoms with Gasteiger partial charge in [-0.25, -0.2) is 4.98 Å². The van der Waals surface area contributed by atoms with Crippen LogP contribution in [0.3, 0.4) is 0 Å². The van der Waals surface area contributed by atoms with Crippen molar-refractivity contribution in [2.24, 2.45) is 0 Å². The molecule has 0 aliphatic heterocycles. The number of rotatable bonds is 1. The number of benzene rings is 1. The molecule has 0 aliphatic rings. The summed E-state index contributed by atoms with van der Waals surface area (Å²) in [7, 11) is 0. The molecule has 0 bridgehead atoms. The molecule has 16 heavy (non-hydrogen) atoms. The number of aromatic hydroxyl groups is 1. The molecule has 1 heterocycles. The zero-order valence-electron chi connectivity index (χ0n) is 9.36. The van der Waals surface area contributed by atoms with Gasteiger partial charge in [0.2, 0.25) is 0 Å². The summed E-state index contributed by atoms with van der Waals surface area (Å²) in [6.45, 7) is 3.89. The lowest BCUT2D eigenvalue weighted by Crippen LogP contribution is -1.95. The van der Waals surface area contributed by atoms with E-state index in [0.717, 1.165) is 22.4 Å². The third kappa shape index (κ3) is 1.84. The maximum atomic E-state index is 9.36.